The van der Waals surface area contributed by atoms with E-state index < -0.39 is 15.9 Å². The normalized spacial score (nSPS) is 13.7. The molecule has 3 aromatic carbocycles. The van der Waals surface area contributed by atoms with Gasteiger partial charge in [-0.2, -0.15) is 0 Å². The van der Waals surface area contributed by atoms with Crippen molar-refractivity contribution in [3.8, 4) is 5.75 Å². The number of nitrogens with zero attached hydrogens (tertiary/aromatic N) is 1. The lowest BCUT2D eigenvalue weighted by Gasteiger charge is -2.13. The minimum absolute atomic E-state index is 0.00952. The number of aryl methyl sites for hydroxylation is 1. The number of ether oxygens (including phenoxy) is 1. The number of rotatable bonds is 10. The number of fused-ring (bicyclic) bond motifs is 1. The Kier molecular flexibility index (Phi) is 8.82. The van der Waals surface area contributed by atoms with E-state index in [1.807, 2.05) is 18.2 Å². The topological polar surface area (TPSA) is 119 Å². The molecule has 3 amide bonds. The van der Waals surface area contributed by atoms with E-state index in [0.717, 1.165) is 60.7 Å². The van der Waals surface area contributed by atoms with Crippen LogP contribution >= 0.6 is 0 Å². The lowest BCUT2D eigenvalue weighted by Crippen LogP contribution is -2.36. The van der Waals surface area contributed by atoms with Gasteiger partial charge in [-0.05, 0) is 72.9 Å². The Labute approximate surface area is 246 Å². The van der Waals surface area contributed by atoms with Gasteiger partial charge in [-0.1, -0.05) is 44.0 Å². The standard InChI is InChI=1S/C32H36N4O5S/c1-3-17-36-21-24(28-20-26(15-16-29(28)36)34-32(38)33-25-9-7-8-10-25)18-22-13-14-23(19-30(22)41-2)31(37)35-42(39,40)27-11-5-4-6-12-27/h4-6,11-16,19-21,25H,3,7-10,17-18H2,1-2H3,(H,35,37)(H2,33,34,38). The maximum Gasteiger partial charge on any atom is 0.319 e. The SMILES string of the molecule is CCCn1cc(Cc2ccc(C(=O)NS(=O)(=O)c3ccccc3)cc2OC)c2cc(NC(=O)NC3CCCC3)ccc21. The van der Waals surface area contributed by atoms with Crippen LogP contribution in [-0.2, 0) is 23.0 Å². The third kappa shape index (κ3) is 6.60. The molecule has 42 heavy (non-hydrogen) atoms. The van der Waals surface area contributed by atoms with Crippen LogP contribution in [0.25, 0.3) is 10.9 Å². The van der Waals surface area contributed by atoms with Gasteiger partial charge >= 0.3 is 6.03 Å². The number of benzene rings is 3. The summed E-state index contributed by atoms with van der Waals surface area (Å²) < 4.78 is 35.2. The van der Waals surface area contributed by atoms with Gasteiger partial charge < -0.3 is 19.9 Å². The van der Waals surface area contributed by atoms with Gasteiger partial charge in [0.1, 0.15) is 5.75 Å². The Balaban J connectivity index is 1.38. The van der Waals surface area contributed by atoms with E-state index in [-0.39, 0.29) is 22.5 Å². The second-order valence-corrected chi connectivity index (χ2v) is 12.3. The lowest BCUT2D eigenvalue weighted by atomic mass is 10.0. The molecule has 0 unspecified atom stereocenters. The molecule has 1 fully saturated rings. The van der Waals surface area contributed by atoms with Crippen LogP contribution in [0.3, 0.4) is 0 Å². The summed E-state index contributed by atoms with van der Waals surface area (Å²) >= 11 is 0. The predicted molar refractivity (Wildman–Crippen MR) is 164 cm³/mol. The van der Waals surface area contributed by atoms with Crippen molar-refractivity contribution in [2.24, 2.45) is 0 Å². The number of methoxy groups -OCH3 is 1. The third-order valence-electron chi connectivity index (χ3n) is 7.59. The highest BCUT2D eigenvalue weighted by molar-refractivity contribution is 7.90. The van der Waals surface area contributed by atoms with Gasteiger partial charge in [0, 0.05) is 47.4 Å². The zero-order valence-electron chi connectivity index (χ0n) is 23.9. The maximum atomic E-state index is 12.9. The summed E-state index contributed by atoms with van der Waals surface area (Å²) in [6.45, 7) is 2.97. The molecular formula is C32H36N4O5S. The molecule has 0 aliphatic heterocycles. The average Bonchev–Trinajstić information content (AvgIpc) is 3.61. The van der Waals surface area contributed by atoms with Crippen LogP contribution in [0.2, 0.25) is 0 Å². The summed E-state index contributed by atoms with van der Waals surface area (Å²) in [7, 11) is -2.49. The minimum atomic E-state index is -4.01. The van der Waals surface area contributed by atoms with E-state index in [0.29, 0.717) is 17.9 Å². The van der Waals surface area contributed by atoms with Crippen molar-refractivity contribution in [3.63, 3.8) is 0 Å². The lowest BCUT2D eigenvalue weighted by molar-refractivity contribution is 0.0981. The number of aromatic nitrogens is 1. The van der Waals surface area contributed by atoms with Crippen molar-refractivity contribution >= 4 is 38.6 Å². The van der Waals surface area contributed by atoms with Crippen molar-refractivity contribution in [2.45, 2.75) is 62.9 Å². The number of hydrogen-bond donors (Lipinski definition) is 3. The molecule has 3 N–H and O–H groups in total. The molecule has 0 saturated heterocycles. The average molecular weight is 589 g/mol. The highest BCUT2D eigenvalue weighted by Crippen LogP contribution is 2.31. The molecule has 1 aromatic heterocycles. The number of urea groups is 1. The Morgan fingerprint density at radius 2 is 1.74 bits per heavy atom. The Bertz CT molecular complexity index is 1690. The molecule has 0 atom stereocenters. The number of nitrogens with one attached hydrogen (secondary N) is 3. The summed E-state index contributed by atoms with van der Waals surface area (Å²) in [4.78, 5) is 25.5. The van der Waals surface area contributed by atoms with E-state index in [1.165, 1.54) is 19.2 Å². The summed E-state index contributed by atoms with van der Waals surface area (Å²) in [6, 6.07) is 18.7. The van der Waals surface area contributed by atoms with Crippen LogP contribution in [0.15, 0.2) is 77.8 Å². The molecule has 9 nitrogen and oxygen atoms in total. The van der Waals surface area contributed by atoms with Crippen molar-refractivity contribution < 1.29 is 22.7 Å². The highest BCUT2D eigenvalue weighted by Gasteiger charge is 2.21. The van der Waals surface area contributed by atoms with Crippen LogP contribution in [-0.4, -0.2) is 38.1 Å². The molecule has 1 heterocycles. The Morgan fingerprint density at radius 1 is 0.976 bits per heavy atom. The highest BCUT2D eigenvalue weighted by atomic mass is 32.2. The molecule has 220 valence electrons. The smallest absolute Gasteiger partial charge is 0.319 e. The molecule has 0 bridgehead atoms. The Morgan fingerprint density at radius 3 is 2.45 bits per heavy atom. The molecule has 1 aliphatic carbocycles. The molecule has 0 spiro atoms. The first-order valence-corrected chi connectivity index (χ1v) is 15.7. The van der Waals surface area contributed by atoms with E-state index in [9.17, 15) is 18.0 Å². The molecular weight excluding hydrogens is 552 g/mol. The summed E-state index contributed by atoms with van der Waals surface area (Å²) in [5.41, 5.74) is 3.83. The summed E-state index contributed by atoms with van der Waals surface area (Å²) in [5, 5.41) is 7.07. The van der Waals surface area contributed by atoms with Crippen molar-refractivity contribution in [2.75, 3.05) is 12.4 Å². The first-order valence-electron chi connectivity index (χ1n) is 14.3. The molecule has 0 radical (unpaired) electrons. The number of anilines is 1. The van der Waals surface area contributed by atoms with E-state index >= 15 is 0 Å². The zero-order valence-corrected chi connectivity index (χ0v) is 24.7. The van der Waals surface area contributed by atoms with Gasteiger partial charge in [-0.3, -0.25) is 4.79 Å². The number of carbonyl (C=O) groups is 2. The molecule has 1 saturated carbocycles. The van der Waals surface area contributed by atoms with E-state index in [1.54, 1.807) is 36.4 Å². The number of sulfonamides is 1. The molecule has 4 aromatic rings. The van der Waals surface area contributed by atoms with Crippen LogP contribution in [0.4, 0.5) is 10.5 Å². The fourth-order valence-electron chi connectivity index (χ4n) is 5.51. The quantitative estimate of drug-likeness (QED) is 0.215. The van der Waals surface area contributed by atoms with Crippen molar-refractivity contribution in [1.82, 2.24) is 14.6 Å². The van der Waals surface area contributed by atoms with Gasteiger partial charge in [0.2, 0.25) is 0 Å². The van der Waals surface area contributed by atoms with Gasteiger partial charge in [0.25, 0.3) is 15.9 Å². The molecule has 1 aliphatic rings. The second-order valence-electron chi connectivity index (χ2n) is 10.6. The third-order valence-corrected chi connectivity index (χ3v) is 8.93. The molecule has 5 rings (SSSR count). The van der Waals surface area contributed by atoms with E-state index in [4.69, 9.17) is 4.74 Å². The zero-order chi connectivity index (χ0) is 29.7. The summed E-state index contributed by atoms with van der Waals surface area (Å²) in [5.74, 6) is -0.267. The maximum absolute atomic E-state index is 12.9. The largest absolute Gasteiger partial charge is 0.496 e. The van der Waals surface area contributed by atoms with Gasteiger partial charge in [-0.15, -0.1) is 0 Å². The van der Waals surface area contributed by atoms with Crippen LogP contribution in [0.1, 0.15) is 60.5 Å². The fourth-order valence-corrected chi connectivity index (χ4v) is 6.51. The number of amides is 3. The van der Waals surface area contributed by atoms with Gasteiger partial charge in [0.15, 0.2) is 0 Å². The van der Waals surface area contributed by atoms with Crippen LogP contribution in [0, 0.1) is 0 Å². The Hall–Kier alpha value is -4.31. The first kappa shape index (κ1) is 29.2. The first-order chi connectivity index (χ1) is 20.3. The van der Waals surface area contributed by atoms with Crippen LogP contribution < -0.4 is 20.1 Å². The number of hydrogen-bond acceptors (Lipinski definition) is 5. The van der Waals surface area contributed by atoms with Crippen molar-refractivity contribution in [1.29, 1.82) is 0 Å². The van der Waals surface area contributed by atoms with Gasteiger partial charge in [0.05, 0.1) is 12.0 Å². The van der Waals surface area contributed by atoms with Crippen molar-refractivity contribution in [3.05, 3.63) is 89.6 Å². The second kappa shape index (κ2) is 12.7. The van der Waals surface area contributed by atoms with E-state index in [2.05, 4.69) is 33.0 Å². The number of carbonyl (C=O) groups excluding carboxylic acids is 2. The van der Waals surface area contributed by atoms with Gasteiger partial charge in [-0.25, -0.2) is 17.9 Å². The summed E-state index contributed by atoms with van der Waals surface area (Å²) in [6.07, 6.45) is 7.91. The monoisotopic (exact) mass is 588 g/mol. The fraction of sp³-hybridized carbons (Fsp3) is 0.312. The minimum Gasteiger partial charge on any atom is -0.496 e. The predicted octanol–water partition coefficient (Wildman–Crippen LogP) is 5.83. The van der Waals surface area contributed by atoms with Crippen LogP contribution in [0.5, 0.6) is 5.75 Å². The molecule has 10 heteroatoms.